The molecule has 15 heavy (non-hydrogen) atoms. The second-order valence-electron chi connectivity index (χ2n) is 3.75. The SMILES string of the molecule is Cc1ccc(OCCCC(=N)N)c(C)c1. The van der Waals surface area contributed by atoms with Crippen molar-refractivity contribution in [1.82, 2.24) is 0 Å². The number of hydrogen-bond acceptors (Lipinski definition) is 2. The fourth-order valence-electron chi connectivity index (χ4n) is 1.41. The van der Waals surface area contributed by atoms with Crippen LogP contribution in [0.3, 0.4) is 0 Å². The molecule has 0 atom stereocenters. The van der Waals surface area contributed by atoms with Gasteiger partial charge in [0.15, 0.2) is 0 Å². The zero-order valence-corrected chi connectivity index (χ0v) is 9.34. The second-order valence-corrected chi connectivity index (χ2v) is 3.75. The normalized spacial score (nSPS) is 10.0. The van der Waals surface area contributed by atoms with Crippen molar-refractivity contribution in [1.29, 1.82) is 5.41 Å². The highest BCUT2D eigenvalue weighted by molar-refractivity contribution is 5.76. The van der Waals surface area contributed by atoms with Gasteiger partial charge in [0.05, 0.1) is 12.4 Å². The van der Waals surface area contributed by atoms with Crippen LogP contribution in [0.5, 0.6) is 5.75 Å². The molecule has 0 radical (unpaired) electrons. The minimum atomic E-state index is 0.222. The van der Waals surface area contributed by atoms with Crippen molar-refractivity contribution >= 4 is 5.84 Å². The lowest BCUT2D eigenvalue weighted by Gasteiger charge is -2.09. The molecule has 0 aliphatic carbocycles. The Morgan fingerprint density at radius 2 is 2.13 bits per heavy atom. The summed E-state index contributed by atoms with van der Waals surface area (Å²) in [5.41, 5.74) is 7.64. The predicted octanol–water partition coefficient (Wildman–Crippen LogP) is 2.40. The van der Waals surface area contributed by atoms with Crippen molar-refractivity contribution in [2.45, 2.75) is 26.7 Å². The molecule has 0 fully saturated rings. The van der Waals surface area contributed by atoms with E-state index in [1.165, 1.54) is 5.56 Å². The molecule has 1 aromatic carbocycles. The number of ether oxygens (including phenoxy) is 1. The van der Waals surface area contributed by atoms with E-state index in [1.807, 2.05) is 19.1 Å². The van der Waals surface area contributed by atoms with Crippen LogP contribution in [0.25, 0.3) is 0 Å². The van der Waals surface area contributed by atoms with Crippen LogP contribution < -0.4 is 10.5 Å². The van der Waals surface area contributed by atoms with Crippen LogP contribution in [0.2, 0.25) is 0 Å². The largest absolute Gasteiger partial charge is 0.493 e. The number of hydrogen-bond donors (Lipinski definition) is 2. The summed E-state index contributed by atoms with van der Waals surface area (Å²) in [4.78, 5) is 0. The summed E-state index contributed by atoms with van der Waals surface area (Å²) in [6.07, 6.45) is 1.40. The molecule has 0 aliphatic heterocycles. The maximum absolute atomic E-state index is 7.07. The van der Waals surface area contributed by atoms with Gasteiger partial charge >= 0.3 is 0 Å². The van der Waals surface area contributed by atoms with E-state index in [2.05, 4.69) is 13.0 Å². The van der Waals surface area contributed by atoms with E-state index in [1.54, 1.807) is 0 Å². The predicted molar refractivity (Wildman–Crippen MR) is 62.6 cm³/mol. The molecule has 0 aromatic heterocycles. The van der Waals surface area contributed by atoms with Crippen LogP contribution in [0.15, 0.2) is 18.2 Å². The third kappa shape index (κ3) is 4.02. The Balaban J connectivity index is 2.40. The van der Waals surface area contributed by atoms with Gasteiger partial charge in [0, 0.05) is 6.42 Å². The smallest absolute Gasteiger partial charge is 0.122 e. The van der Waals surface area contributed by atoms with E-state index in [0.29, 0.717) is 13.0 Å². The molecule has 0 saturated carbocycles. The summed E-state index contributed by atoms with van der Waals surface area (Å²) < 4.78 is 5.59. The van der Waals surface area contributed by atoms with E-state index in [-0.39, 0.29) is 5.84 Å². The van der Waals surface area contributed by atoms with Gasteiger partial charge in [-0.05, 0) is 31.9 Å². The molecule has 0 heterocycles. The van der Waals surface area contributed by atoms with Crippen molar-refractivity contribution in [3.05, 3.63) is 29.3 Å². The summed E-state index contributed by atoms with van der Waals surface area (Å²) in [5.74, 6) is 1.14. The monoisotopic (exact) mass is 206 g/mol. The molecule has 0 amide bonds. The van der Waals surface area contributed by atoms with E-state index in [9.17, 15) is 0 Å². The average molecular weight is 206 g/mol. The van der Waals surface area contributed by atoms with Gasteiger partial charge in [0.25, 0.3) is 0 Å². The van der Waals surface area contributed by atoms with Crippen LogP contribution in [0.4, 0.5) is 0 Å². The average Bonchev–Trinajstić information content (AvgIpc) is 2.14. The standard InChI is InChI=1S/C12H18N2O/c1-9-5-6-11(10(2)8-9)15-7-3-4-12(13)14/h5-6,8H,3-4,7H2,1-2H3,(H3,13,14). The van der Waals surface area contributed by atoms with E-state index in [0.717, 1.165) is 17.7 Å². The summed E-state index contributed by atoms with van der Waals surface area (Å²) in [6.45, 7) is 4.71. The lowest BCUT2D eigenvalue weighted by Crippen LogP contribution is -2.11. The van der Waals surface area contributed by atoms with Crippen LogP contribution >= 0.6 is 0 Å². The summed E-state index contributed by atoms with van der Waals surface area (Å²) >= 11 is 0. The lowest BCUT2D eigenvalue weighted by molar-refractivity contribution is 0.311. The zero-order valence-electron chi connectivity index (χ0n) is 9.34. The second kappa shape index (κ2) is 5.39. The Kier molecular flexibility index (Phi) is 4.16. The van der Waals surface area contributed by atoms with Crippen molar-refractivity contribution in [3.63, 3.8) is 0 Å². The van der Waals surface area contributed by atoms with E-state index in [4.69, 9.17) is 15.9 Å². The zero-order chi connectivity index (χ0) is 11.3. The van der Waals surface area contributed by atoms with Crippen molar-refractivity contribution in [2.24, 2.45) is 5.73 Å². The third-order valence-corrected chi connectivity index (χ3v) is 2.18. The fourth-order valence-corrected chi connectivity index (χ4v) is 1.41. The van der Waals surface area contributed by atoms with Gasteiger partial charge in [0.1, 0.15) is 5.75 Å². The van der Waals surface area contributed by atoms with Crippen LogP contribution in [0, 0.1) is 19.3 Å². The highest BCUT2D eigenvalue weighted by Crippen LogP contribution is 2.18. The Morgan fingerprint density at radius 1 is 1.40 bits per heavy atom. The Morgan fingerprint density at radius 3 is 2.73 bits per heavy atom. The van der Waals surface area contributed by atoms with Gasteiger partial charge in [0.2, 0.25) is 0 Å². The molecule has 1 rings (SSSR count). The maximum atomic E-state index is 7.07. The quantitative estimate of drug-likeness (QED) is 0.441. The van der Waals surface area contributed by atoms with Crippen molar-refractivity contribution in [3.8, 4) is 5.75 Å². The van der Waals surface area contributed by atoms with Gasteiger partial charge in [-0.25, -0.2) is 0 Å². The molecule has 1 aromatic rings. The molecule has 0 saturated heterocycles. The first kappa shape index (κ1) is 11.6. The molecule has 3 N–H and O–H groups in total. The first-order valence-electron chi connectivity index (χ1n) is 5.12. The molecule has 3 heteroatoms. The maximum Gasteiger partial charge on any atom is 0.122 e. The summed E-state index contributed by atoms with van der Waals surface area (Å²) in [7, 11) is 0. The number of nitrogens with one attached hydrogen (secondary N) is 1. The van der Waals surface area contributed by atoms with Gasteiger partial charge in [-0.2, -0.15) is 0 Å². The van der Waals surface area contributed by atoms with Gasteiger partial charge in [-0.15, -0.1) is 0 Å². The number of nitrogens with two attached hydrogens (primary N) is 1. The Hall–Kier alpha value is -1.51. The summed E-state index contributed by atoms with van der Waals surface area (Å²) in [5, 5.41) is 7.07. The van der Waals surface area contributed by atoms with Crippen LogP contribution in [0.1, 0.15) is 24.0 Å². The van der Waals surface area contributed by atoms with Crippen molar-refractivity contribution < 1.29 is 4.74 Å². The number of benzene rings is 1. The molecule has 0 unspecified atom stereocenters. The fraction of sp³-hybridized carbons (Fsp3) is 0.417. The van der Waals surface area contributed by atoms with Crippen molar-refractivity contribution in [2.75, 3.05) is 6.61 Å². The topological polar surface area (TPSA) is 59.1 Å². The lowest BCUT2D eigenvalue weighted by atomic mass is 10.1. The van der Waals surface area contributed by atoms with Gasteiger partial charge in [-0.1, -0.05) is 17.7 Å². The molecule has 0 spiro atoms. The first-order valence-corrected chi connectivity index (χ1v) is 5.12. The Labute approximate surface area is 90.8 Å². The number of rotatable bonds is 5. The van der Waals surface area contributed by atoms with Crippen LogP contribution in [-0.4, -0.2) is 12.4 Å². The highest BCUT2D eigenvalue weighted by Gasteiger charge is 1.99. The first-order chi connectivity index (χ1) is 7.09. The van der Waals surface area contributed by atoms with Gasteiger partial charge in [-0.3, -0.25) is 5.41 Å². The minimum Gasteiger partial charge on any atom is -0.493 e. The molecule has 3 nitrogen and oxygen atoms in total. The molecule has 0 aliphatic rings. The minimum absolute atomic E-state index is 0.222. The Bertz CT molecular complexity index is 347. The molecular weight excluding hydrogens is 188 g/mol. The van der Waals surface area contributed by atoms with E-state index < -0.39 is 0 Å². The molecule has 0 bridgehead atoms. The third-order valence-electron chi connectivity index (χ3n) is 2.18. The van der Waals surface area contributed by atoms with Gasteiger partial charge < -0.3 is 10.5 Å². The molecular formula is C12H18N2O. The highest BCUT2D eigenvalue weighted by atomic mass is 16.5. The van der Waals surface area contributed by atoms with Crippen LogP contribution in [-0.2, 0) is 0 Å². The van der Waals surface area contributed by atoms with E-state index >= 15 is 0 Å². The summed E-state index contributed by atoms with van der Waals surface area (Å²) in [6, 6.07) is 6.12. The number of amidine groups is 1. The molecule has 82 valence electrons. The number of aryl methyl sites for hydroxylation is 2.